The molecule has 25 heavy (non-hydrogen) atoms. The summed E-state index contributed by atoms with van der Waals surface area (Å²) in [6.07, 6.45) is 3.81. The van der Waals surface area contributed by atoms with Gasteiger partial charge in [-0.15, -0.1) is 11.3 Å². The van der Waals surface area contributed by atoms with Gasteiger partial charge in [-0.1, -0.05) is 0 Å². The number of aromatic carboxylic acids is 1. The maximum Gasteiger partial charge on any atom is 0.347 e. The Bertz CT molecular complexity index is 1090. The van der Waals surface area contributed by atoms with Crippen LogP contribution in [0, 0.1) is 17.2 Å². The first-order valence-electron chi connectivity index (χ1n) is 8.35. The van der Waals surface area contributed by atoms with E-state index < -0.39 is 5.97 Å². The molecule has 1 aromatic carbocycles. The molecule has 1 fully saturated rings. The van der Waals surface area contributed by atoms with E-state index in [4.69, 9.17) is 5.11 Å². The summed E-state index contributed by atoms with van der Waals surface area (Å²) in [5.74, 6) is 0.462. The number of nitriles is 1. The van der Waals surface area contributed by atoms with E-state index in [9.17, 15) is 10.1 Å². The predicted molar refractivity (Wildman–Crippen MR) is 94.9 cm³/mol. The van der Waals surface area contributed by atoms with Crippen LogP contribution in [0.3, 0.4) is 0 Å². The van der Waals surface area contributed by atoms with E-state index in [2.05, 4.69) is 28.6 Å². The van der Waals surface area contributed by atoms with E-state index in [1.54, 1.807) is 0 Å². The molecule has 5 rings (SSSR count). The Labute approximate surface area is 148 Å². The molecule has 1 aliphatic heterocycles. The topological polar surface area (TPSA) is 78.9 Å². The van der Waals surface area contributed by atoms with Crippen LogP contribution in [0.1, 0.15) is 52.7 Å². The molecule has 3 aromatic rings. The van der Waals surface area contributed by atoms with Gasteiger partial charge in [-0.05, 0) is 43.9 Å². The Kier molecular flexibility index (Phi) is 2.89. The number of thiazole rings is 1. The number of aromatic nitrogens is 2. The van der Waals surface area contributed by atoms with Gasteiger partial charge in [-0.25, -0.2) is 9.78 Å². The van der Waals surface area contributed by atoms with Crippen LogP contribution in [0.4, 0.5) is 0 Å². The molecule has 0 spiro atoms. The largest absolute Gasteiger partial charge is 0.477 e. The number of rotatable bonds is 2. The fourth-order valence-corrected chi connectivity index (χ4v) is 5.03. The molecule has 2 aromatic heterocycles. The highest BCUT2D eigenvalue weighted by Crippen LogP contribution is 2.57. The van der Waals surface area contributed by atoms with Crippen molar-refractivity contribution in [2.45, 2.75) is 31.7 Å². The Balaban J connectivity index is 1.73. The summed E-state index contributed by atoms with van der Waals surface area (Å²) in [7, 11) is 0. The van der Waals surface area contributed by atoms with Crippen molar-refractivity contribution >= 4 is 28.2 Å². The van der Waals surface area contributed by atoms with Gasteiger partial charge in [-0.3, -0.25) is 0 Å². The molecule has 1 N–H and O–H groups in total. The summed E-state index contributed by atoms with van der Waals surface area (Å²) in [5.41, 5.74) is 3.80. The van der Waals surface area contributed by atoms with Crippen LogP contribution in [-0.2, 0) is 0 Å². The number of benzene rings is 1. The number of fused-ring (bicyclic) bond motifs is 5. The third-order valence-electron chi connectivity index (χ3n) is 5.43. The van der Waals surface area contributed by atoms with Gasteiger partial charge in [0.05, 0.1) is 17.3 Å². The zero-order chi connectivity index (χ0) is 17.3. The fraction of sp³-hybridized carbons (Fsp3) is 0.316. The van der Waals surface area contributed by atoms with Crippen molar-refractivity contribution in [1.82, 2.24) is 9.55 Å². The summed E-state index contributed by atoms with van der Waals surface area (Å²) in [6, 6.07) is 8.84. The Morgan fingerprint density at radius 1 is 1.40 bits per heavy atom. The number of carboxylic acid groups (broad SMARTS) is 1. The highest BCUT2D eigenvalue weighted by Gasteiger charge is 2.45. The molecule has 124 valence electrons. The zero-order valence-electron chi connectivity index (χ0n) is 13.6. The number of carboxylic acids is 1. The highest BCUT2D eigenvalue weighted by molar-refractivity contribution is 7.16. The van der Waals surface area contributed by atoms with Crippen molar-refractivity contribution in [2.75, 3.05) is 0 Å². The molecular weight excluding hydrogens is 334 g/mol. The Morgan fingerprint density at radius 2 is 2.24 bits per heavy atom. The quantitative estimate of drug-likeness (QED) is 0.743. The lowest BCUT2D eigenvalue weighted by Gasteiger charge is -2.23. The van der Waals surface area contributed by atoms with Crippen molar-refractivity contribution in [1.29, 1.82) is 5.26 Å². The molecule has 5 nitrogen and oxygen atoms in total. The number of nitrogens with zero attached hydrogens (tertiary/aromatic N) is 3. The highest BCUT2D eigenvalue weighted by atomic mass is 32.1. The van der Waals surface area contributed by atoms with Crippen LogP contribution in [0.2, 0.25) is 0 Å². The molecule has 0 saturated heterocycles. The second-order valence-corrected chi connectivity index (χ2v) is 8.07. The number of hydrogen-bond donors (Lipinski definition) is 1. The van der Waals surface area contributed by atoms with E-state index in [-0.39, 0.29) is 4.88 Å². The van der Waals surface area contributed by atoms with Gasteiger partial charge in [-0.2, -0.15) is 5.26 Å². The van der Waals surface area contributed by atoms with Gasteiger partial charge in [0.15, 0.2) is 0 Å². The van der Waals surface area contributed by atoms with Crippen molar-refractivity contribution in [3.63, 3.8) is 0 Å². The molecule has 3 atom stereocenters. The maximum absolute atomic E-state index is 11.1. The van der Waals surface area contributed by atoms with Crippen LogP contribution in [-0.4, -0.2) is 20.6 Å². The predicted octanol–water partition coefficient (Wildman–Crippen LogP) is 4.40. The Hall–Kier alpha value is -2.65. The molecule has 0 amide bonds. The van der Waals surface area contributed by atoms with Crippen LogP contribution in [0.5, 0.6) is 0 Å². The van der Waals surface area contributed by atoms with Gasteiger partial charge < -0.3 is 9.67 Å². The molecule has 0 radical (unpaired) electrons. The van der Waals surface area contributed by atoms with Gasteiger partial charge in [0.2, 0.25) is 0 Å². The number of hydrogen-bond acceptors (Lipinski definition) is 4. The maximum atomic E-state index is 11.1. The minimum Gasteiger partial charge on any atom is -0.477 e. The summed E-state index contributed by atoms with van der Waals surface area (Å²) in [6.45, 7) is 2.23. The lowest BCUT2D eigenvalue weighted by atomic mass is 10.0. The van der Waals surface area contributed by atoms with Crippen LogP contribution in [0.25, 0.3) is 21.5 Å². The third-order valence-corrected chi connectivity index (χ3v) is 6.47. The summed E-state index contributed by atoms with van der Waals surface area (Å²) >= 11 is 1.14. The van der Waals surface area contributed by atoms with E-state index in [1.807, 2.05) is 12.1 Å². The van der Waals surface area contributed by atoms with Crippen molar-refractivity contribution < 1.29 is 9.90 Å². The second-order valence-electron chi connectivity index (χ2n) is 7.03. The molecule has 2 unspecified atom stereocenters. The van der Waals surface area contributed by atoms with E-state index in [0.717, 1.165) is 33.7 Å². The lowest BCUT2D eigenvalue weighted by molar-refractivity contribution is 0.0702. The summed E-state index contributed by atoms with van der Waals surface area (Å²) in [5, 5.41) is 20.5. The lowest BCUT2D eigenvalue weighted by Crippen LogP contribution is -2.14. The molecule has 3 heterocycles. The van der Waals surface area contributed by atoms with Gasteiger partial charge in [0, 0.05) is 28.6 Å². The number of carbonyl (C=O) groups is 1. The van der Waals surface area contributed by atoms with Gasteiger partial charge >= 0.3 is 5.97 Å². The minimum atomic E-state index is -0.974. The normalized spacial score (nSPS) is 23.8. The monoisotopic (exact) mass is 349 g/mol. The molecular formula is C19H15N3O2S. The third kappa shape index (κ3) is 2.06. The molecule has 1 aliphatic carbocycles. The van der Waals surface area contributed by atoms with Crippen LogP contribution in [0.15, 0.2) is 24.4 Å². The molecule has 0 bridgehead atoms. The smallest absolute Gasteiger partial charge is 0.347 e. The SMILES string of the molecule is C[C@H]1CC2CC2c2cc3cc(-c4ncc(C(=O)O)s4)cc(C#N)c3n21. The average Bonchev–Trinajstić information content (AvgIpc) is 3.05. The first kappa shape index (κ1) is 14.7. The van der Waals surface area contributed by atoms with Crippen molar-refractivity contribution in [3.05, 3.63) is 40.5 Å². The first-order valence-corrected chi connectivity index (χ1v) is 9.17. The fourth-order valence-electron chi connectivity index (χ4n) is 4.28. The van der Waals surface area contributed by atoms with E-state index >= 15 is 0 Å². The van der Waals surface area contributed by atoms with Gasteiger partial charge in [0.1, 0.15) is 16.0 Å². The second kappa shape index (κ2) is 4.93. The summed E-state index contributed by atoms with van der Waals surface area (Å²) in [4.78, 5) is 15.5. The molecule has 2 aliphatic rings. The van der Waals surface area contributed by atoms with Crippen LogP contribution < -0.4 is 0 Å². The minimum absolute atomic E-state index is 0.208. The van der Waals surface area contributed by atoms with Gasteiger partial charge in [0.25, 0.3) is 0 Å². The molecule has 6 heteroatoms. The van der Waals surface area contributed by atoms with E-state index in [1.165, 1.54) is 24.7 Å². The summed E-state index contributed by atoms with van der Waals surface area (Å²) < 4.78 is 2.34. The van der Waals surface area contributed by atoms with Crippen molar-refractivity contribution in [3.8, 4) is 16.6 Å². The van der Waals surface area contributed by atoms with E-state index in [0.29, 0.717) is 22.5 Å². The zero-order valence-corrected chi connectivity index (χ0v) is 14.4. The average molecular weight is 349 g/mol. The molecule has 1 saturated carbocycles. The van der Waals surface area contributed by atoms with Crippen LogP contribution >= 0.6 is 11.3 Å². The first-order chi connectivity index (χ1) is 12.1. The Morgan fingerprint density at radius 3 is 2.96 bits per heavy atom. The van der Waals surface area contributed by atoms with Crippen molar-refractivity contribution in [2.24, 2.45) is 5.92 Å². The standard InChI is InChI=1S/C19H15N3O2S/c1-9-2-10-5-14(10)15-6-11-3-12(4-13(7-20)17(11)22(9)15)18-21-8-16(25-18)19(23)24/h3-4,6,8-10,14H,2,5H2,1H3,(H,23,24)/t9-,10?,14?/m0/s1.